The fourth-order valence-corrected chi connectivity index (χ4v) is 2.33. The molecule has 0 spiro atoms. The zero-order valence-corrected chi connectivity index (χ0v) is 11.4. The number of amides is 2. The third kappa shape index (κ3) is 5.72. The molecule has 2 amide bonds. The van der Waals surface area contributed by atoms with Gasteiger partial charge >= 0.3 is 5.97 Å². The summed E-state index contributed by atoms with van der Waals surface area (Å²) in [5.74, 6) is -0.866. The molecule has 1 aliphatic rings. The summed E-state index contributed by atoms with van der Waals surface area (Å²) in [6.45, 7) is 4.39. The van der Waals surface area contributed by atoms with Crippen molar-refractivity contribution in [2.75, 3.05) is 6.54 Å². The Kier molecular flexibility index (Phi) is 5.79. The van der Waals surface area contributed by atoms with Crippen molar-refractivity contribution in [2.45, 2.75) is 45.6 Å². The Labute approximate surface area is 112 Å². The van der Waals surface area contributed by atoms with E-state index >= 15 is 0 Å². The number of hydrogen-bond donors (Lipinski definition) is 3. The maximum atomic E-state index is 11.8. The number of aliphatic carboxylic acids is 1. The van der Waals surface area contributed by atoms with Gasteiger partial charge in [-0.1, -0.05) is 13.8 Å². The minimum absolute atomic E-state index is 0.0511. The summed E-state index contributed by atoms with van der Waals surface area (Å²) >= 11 is 0. The van der Waals surface area contributed by atoms with Crippen LogP contribution in [-0.2, 0) is 14.4 Å². The Balaban J connectivity index is 2.39. The van der Waals surface area contributed by atoms with Gasteiger partial charge in [0.15, 0.2) is 0 Å². The normalized spacial score (nSPS) is 20.2. The Morgan fingerprint density at radius 1 is 1.47 bits per heavy atom. The van der Waals surface area contributed by atoms with Crippen LogP contribution < -0.4 is 10.6 Å². The van der Waals surface area contributed by atoms with Gasteiger partial charge in [0, 0.05) is 19.4 Å². The van der Waals surface area contributed by atoms with Crippen molar-refractivity contribution in [1.82, 2.24) is 10.6 Å². The van der Waals surface area contributed by atoms with Crippen LogP contribution in [0.5, 0.6) is 0 Å². The van der Waals surface area contributed by atoms with Crippen LogP contribution in [0, 0.1) is 11.8 Å². The minimum Gasteiger partial charge on any atom is -0.481 e. The molecule has 6 heteroatoms. The average Bonchev–Trinajstić information content (AvgIpc) is 2.71. The van der Waals surface area contributed by atoms with Crippen molar-refractivity contribution in [3.05, 3.63) is 0 Å². The SMILES string of the molecule is CC(C)C[C@H](CNC(=O)C1CCC(=O)N1)CC(=O)O. The minimum atomic E-state index is -0.853. The molecule has 0 radical (unpaired) electrons. The van der Waals surface area contributed by atoms with E-state index in [4.69, 9.17) is 5.11 Å². The second-order valence-electron chi connectivity index (χ2n) is 5.50. The van der Waals surface area contributed by atoms with Crippen LogP contribution >= 0.6 is 0 Å². The fraction of sp³-hybridized carbons (Fsp3) is 0.769. The molecule has 1 fully saturated rings. The second-order valence-corrected chi connectivity index (χ2v) is 5.50. The van der Waals surface area contributed by atoms with Gasteiger partial charge in [-0.15, -0.1) is 0 Å². The molecule has 0 aromatic carbocycles. The third-order valence-electron chi connectivity index (χ3n) is 3.14. The molecule has 6 nitrogen and oxygen atoms in total. The Bertz CT molecular complexity index is 355. The number of hydrogen-bond acceptors (Lipinski definition) is 3. The van der Waals surface area contributed by atoms with Crippen LogP contribution in [-0.4, -0.2) is 35.5 Å². The van der Waals surface area contributed by atoms with Gasteiger partial charge in [-0.05, 0) is 24.7 Å². The highest BCUT2D eigenvalue weighted by Crippen LogP contribution is 2.15. The van der Waals surface area contributed by atoms with Gasteiger partial charge in [0.25, 0.3) is 0 Å². The number of carboxylic acids is 1. The van der Waals surface area contributed by atoms with Crippen LogP contribution in [0.25, 0.3) is 0 Å². The number of rotatable bonds is 7. The highest BCUT2D eigenvalue weighted by atomic mass is 16.4. The van der Waals surface area contributed by atoms with Crippen molar-refractivity contribution in [2.24, 2.45) is 11.8 Å². The standard InChI is InChI=1S/C13H22N2O4/c1-8(2)5-9(6-12(17)18)7-14-13(19)10-3-4-11(16)15-10/h8-10H,3-7H2,1-2H3,(H,14,19)(H,15,16)(H,17,18)/t9-,10?/m0/s1. The summed E-state index contributed by atoms with van der Waals surface area (Å²) in [7, 11) is 0. The largest absolute Gasteiger partial charge is 0.481 e. The van der Waals surface area contributed by atoms with Gasteiger partial charge in [0.05, 0.1) is 0 Å². The molecule has 0 aromatic rings. The van der Waals surface area contributed by atoms with Gasteiger partial charge in [-0.25, -0.2) is 0 Å². The van der Waals surface area contributed by atoms with Gasteiger partial charge in [0.1, 0.15) is 6.04 Å². The number of nitrogens with one attached hydrogen (secondary N) is 2. The van der Waals surface area contributed by atoms with E-state index in [2.05, 4.69) is 10.6 Å². The van der Waals surface area contributed by atoms with Crippen LogP contribution in [0.1, 0.15) is 39.5 Å². The zero-order chi connectivity index (χ0) is 14.4. The molecule has 1 saturated heterocycles. The Morgan fingerprint density at radius 2 is 2.16 bits per heavy atom. The fourth-order valence-electron chi connectivity index (χ4n) is 2.33. The highest BCUT2D eigenvalue weighted by molar-refractivity contribution is 5.90. The van der Waals surface area contributed by atoms with Crippen molar-refractivity contribution in [1.29, 1.82) is 0 Å². The third-order valence-corrected chi connectivity index (χ3v) is 3.14. The topological polar surface area (TPSA) is 95.5 Å². The molecular formula is C13H22N2O4. The molecule has 0 saturated carbocycles. The number of carboxylic acid groups (broad SMARTS) is 1. The summed E-state index contributed by atoms with van der Waals surface area (Å²) in [5, 5.41) is 14.2. The highest BCUT2D eigenvalue weighted by Gasteiger charge is 2.27. The lowest BCUT2D eigenvalue weighted by molar-refractivity contribution is -0.138. The second kappa shape index (κ2) is 7.11. The summed E-state index contributed by atoms with van der Waals surface area (Å²) < 4.78 is 0. The van der Waals surface area contributed by atoms with E-state index in [1.165, 1.54) is 0 Å². The van der Waals surface area contributed by atoms with Crippen LogP contribution in [0.15, 0.2) is 0 Å². The maximum Gasteiger partial charge on any atom is 0.303 e. The van der Waals surface area contributed by atoms with Gasteiger partial charge in [-0.2, -0.15) is 0 Å². The van der Waals surface area contributed by atoms with E-state index < -0.39 is 12.0 Å². The smallest absolute Gasteiger partial charge is 0.303 e. The first kappa shape index (κ1) is 15.5. The first-order chi connectivity index (χ1) is 8.88. The predicted octanol–water partition coefficient (Wildman–Crippen LogP) is 0.518. The quantitative estimate of drug-likeness (QED) is 0.628. The van der Waals surface area contributed by atoms with Crippen LogP contribution in [0.2, 0.25) is 0 Å². The monoisotopic (exact) mass is 270 g/mol. The average molecular weight is 270 g/mol. The first-order valence-corrected chi connectivity index (χ1v) is 6.67. The number of carbonyl (C=O) groups is 3. The van der Waals surface area contributed by atoms with Crippen molar-refractivity contribution < 1.29 is 19.5 Å². The molecule has 19 heavy (non-hydrogen) atoms. The van der Waals surface area contributed by atoms with E-state index in [9.17, 15) is 14.4 Å². The summed E-state index contributed by atoms with van der Waals surface area (Å²) in [6, 6.07) is -0.461. The lowest BCUT2D eigenvalue weighted by atomic mass is 9.94. The molecule has 1 aliphatic heterocycles. The molecule has 1 unspecified atom stereocenters. The molecular weight excluding hydrogens is 248 g/mol. The maximum absolute atomic E-state index is 11.8. The zero-order valence-electron chi connectivity index (χ0n) is 11.4. The van der Waals surface area contributed by atoms with Crippen molar-refractivity contribution >= 4 is 17.8 Å². The summed E-state index contributed by atoms with van der Waals surface area (Å²) in [6.07, 6.45) is 1.69. The first-order valence-electron chi connectivity index (χ1n) is 6.67. The molecule has 1 heterocycles. The molecule has 2 atom stereocenters. The molecule has 3 N–H and O–H groups in total. The Hall–Kier alpha value is -1.59. The van der Waals surface area contributed by atoms with E-state index in [1.54, 1.807) is 0 Å². The molecule has 0 bridgehead atoms. The van der Waals surface area contributed by atoms with E-state index in [1.807, 2.05) is 13.8 Å². The molecule has 108 valence electrons. The lowest BCUT2D eigenvalue weighted by Gasteiger charge is -2.19. The van der Waals surface area contributed by atoms with Crippen LogP contribution in [0.3, 0.4) is 0 Å². The van der Waals surface area contributed by atoms with Crippen molar-refractivity contribution in [3.8, 4) is 0 Å². The summed E-state index contributed by atoms with van der Waals surface area (Å²) in [4.78, 5) is 33.6. The Morgan fingerprint density at radius 3 is 2.63 bits per heavy atom. The van der Waals surface area contributed by atoms with E-state index in [0.717, 1.165) is 6.42 Å². The number of carbonyl (C=O) groups excluding carboxylic acids is 2. The molecule has 1 rings (SSSR count). The van der Waals surface area contributed by atoms with E-state index in [0.29, 0.717) is 25.3 Å². The predicted molar refractivity (Wildman–Crippen MR) is 69.4 cm³/mol. The molecule has 0 aliphatic carbocycles. The van der Waals surface area contributed by atoms with Gasteiger partial charge in [0.2, 0.25) is 11.8 Å². The molecule has 0 aromatic heterocycles. The van der Waals surface area contributed by atoms with Gasteiger partial charge in [-0.3, -0.25) is 14.4 Å². The van der Waals surface area contributed by atoms with E-state index in [-0.39, 0.29) is 24.2 Å². The van der Waals surface area contributed by atoms with Gasteiger partial charge < -0.3 is 15.7 Å². The van der Waals surface area contributed by atoms with Crippen molar-refractivity contribution in [3.63, 3.8) is 0 Å². The van der Waals surface area contributed by atoms with Crippen LogP contribution in [0.4, 0.5) is 0 Å². The lowest BCUT2D eigenvalue weighted by Crippen LogP contribution is -2.43. The summed E-state index contributed by atoms with van der Waals surface area (Å²) in [5.41, 5.74) is 0.